The molecule has 1 N–H and O–H groups in total. The molecular weight excluding hydrogens is 182 g/mol. The molecule has 0 aromatic rings. The van der Waals surface area contributed by atoms with Gasteiger partial charge in [-0.25, -0.2) is 0 Å². The normalized spacial score (nSPS) is 23.7. The van der Waals surface area contributed by atoms with Crippen LogP contribution >= 0.6 is 0 Å². The molecule has 1 fully saturated rings. The summed E-state index contributed by atoms with van der Waals surface area (Å²) in [6.45, 7) is 8.59. The molecule has 1 atom stereocenters. The summed E-state index contributed by atoms with van der Waals surface area (Å²) < 4.78 is 0. The summed E-state index contributed by atoms with van der Waals surface area (Å²) in [6.07, 6.45) is 15.0. The van der Waals surface area contributed by atoms with Crippen LogP contribution in [0.3, 0.4) is 0 Å². The van der Waals surface area contributed by atoms with Gasteiger partial charge in [0.05, 0.1) is 0 Å². The fourth-order valence-electron chi connectivity index (χ4n) is 1.92. The lowest BCUT2D eigenvalue weighted by Gasteiger charge is -2.16. The van der Waals surface area contributed by atoms with Crippen LogP contribution in [0.25, 0.3) is 0 Å². The second-order valence-corrected chi connectivity index (χ2v) is 3.85. The molecular formula is C14H21N. The highest BCUT2D eigenvalue weighted by atomic mass is 14.9. The molecule has 1 unspecified atom stereocenters. The van der Waals surface area contributed by atoms with Crippen LogP contribution in [0, 0.1) is 0 Å². The maximum Gasteiger partial charge on any atom is 0.0320 e. The smallest absolute Gasteiger partial charge is 0.0320 e. The Morgan fingerprint density at radius 3 is 2.73 bits per heavy atom. The standard InChI is InChI=1S/C14H21N/c1-3-5-10-13(9-4-2)14-11-7-6-8-12-15-14/h3-5,9-10,14-15H,1-2,6-8,11-12H2/b10-5-,13-9+. The van der Waals surface area contributed by atoms with Gasteiger partial charge in [-0.05, 0) is 25.0 Å². The van der Waals surface area contributed by atoms with E-state index in [1.165, 1.54) is 31.3 Å². The first kappa shape index (κ1) is 12.0. The molecule has 1 nitrogen and oxygen atoms in total. The second kappa shape index (κ2) is 7.24. The van der Waals surface area contributed by atoms with Crippen molar-refractivity contribution in [1.82, 2.24) is 5.32 Å². The average Bonchev–Trinajstić information content (AvgIpc) is 2.52. The Kier molecular flexibility index (Phi) is 5.79. The fourth-order valence-corrected chi connectivity index (χ4v) is 1.92. The lowest BCUT2D eigenvalue weighted by molar-refractivity contribution is 0.581. The van der Waals surface area contributed by atoms with Gasteiger partial charge in [0.2, 0.25) is 0 Å². The minimum atomic E-state index is 0.488. The highest BCUT2D eigenvalue weighted by Crippen LogP contribution is 2.16. The van der Waals surface area contributed by atoms with Crippen LogP contribution in [0.2, 0.25) is 0 Å². The largest absolute Gasteiger partial charge is 0.310 e. The van der Waals surface area contributed by atoms with Gasteiger partial charge < -0.3 is 5.32 Å². The van der Waals surface area contributed by atoms with Crippen LogP contribution in [-0.2, 0) is 0 Å². The molecule has 1 aliphatic heterocycles. The van der Waals surface area contributed by atoms with E-state index < -0.39 is 0 Å². The summed E-state index contributed by atoms with van der Waals surface area (Å²) in [5.74, 6) is 0. The Labute approximate surface area is 93.3 Å². The van der Waals surface area contributed by atoms with Crippen molar-refractivity contribution < 1.29 is 0 Å². The van der Waals surface area contributed by atoms with Gasteiger partial charge >= 0.3 is 0 Å². The van der Waals surface area contributed by atoms with Crippen molar-refractivity contribution in [2.24, 2.45) is 0 Å². The zero-order valence-electron chi connectivity index (χ0n) is 9.41. The third kappa shape index (κ3) is 4.30. The fraction of sp³-hybridized carbons (Fsp3) is 0.429. The molecule has 0 bridgehead atoms. The molecule has 1 aliphatic rings. The van der Waals surface area contributed by atoms with E-state index in [9.17, 15) is 0 Å². The number of hydrogen-bond donors (Lipinski definition) is 1. The van der Waals surface area contributed by atoms with Crippen LogP contribution in [0.15, 0.2) is 49.1 Å². The SMILES string of the molecule is C=C/C=C\C(=C/C=C)C1CCCCCN1. The first-order valence-corrected chi connectivity index (χ1v) is 5.73. The molecule has 1 rings (SSSR count). The summed E-state index contributed by atoms with van der Waals surface area (Å²) in [7, 11) is 0. The summed E-state index contributed by atoms with van der Waals surface area (Å²) in [5.41, 5.74) is 1.31. The van der Waals surface area contributed by atoms with E-state index in [4.69, 9.17) is 0 Å². The Morgan fingerprint density at radius 2 is 2.00 bits per heavy atom. The van der Waals surface area contributed by atoms with Crippen LogP contribution in [-0.4, -0.2) is 12.6 Å². The van der Waals surface area contributed by atoms with Crippen molar-refractivity contribution in [2.75, 3.05) is 6.54 Å². The van der Waals surface area contributed by atoms with E-state index in [1.54, 1.807) is 0 Å². The number of allylic oxidation sites excluding steroid dienone is 4. The Balaban J connectivity index is 2.68. The van der Waals surface area contributed by atoms with Crippen molar-refractivity contribution in [2.45, 2.75) is 31.7 Å². The molecule has 0 aromatic heterocycles. The number of rotatable bonds is 4. The lowest BCUT2D eigenvalue weighted by atomic mass is 10.0. The van der Waals surface area contributed by atoms with Crippen LogP contribution < -0.4 is 5.32 Å². The van der Waals surface area contributed by atoms with Crippen molar-refractivity contribution in [1.29, 1.82) is 0 Å². The average molecular weight is 203 g/mol. The van der Waals surface area contributed by atoms with Gasteiger partial charge in [0.15, 0.2) is 0 Å². The van der Waals surface area contributed by atoms with E-state index in [0.29, 0.717) is 6.04 Å². The molecule has 0 spiro atoms. The predicted octanol–water partition coefficient (Wildman–Crippen LogP) is 3.37. The summed E-state index contributed by atoms with van der Waals surface area (Å²) in [5, 5.41) is 3.57. The zero-order valence-corrected chi connectivity index (χ0v) is 9.41. The van der Waals surface area contributed by atoms with Crippen molar-refractivity contribution >= 4 is 0 Å². The third-order valence-electron chi connectivity index (χ3n) is 2.70. The quantitative estimate of drug-likeness (QED) is 0.691. The van der Waals surface area contributed by atoms with E-state index in [1.807, 2.05) is 18.2 Å². The molecule has 1 saturated heterocycles. The van der Waals surface area contributed by atoms with E-state index in [2.05, 4.69) is 30.6 Å². The van der Waals surface area contributed by atoms with E-state index in [-0.39, 0.29) is 0 Å². The monoisotopic (exact) mass is 203 g/mol. The van der Waals surface area contributed by atoms with Gasteiger partial charge in [0, 0.05) is 6.04 Å². The van der Waals surface area contributed by atoms with Gasteiger partial charge in [-0.15, -0.1) is 0 Å². The summed E-state index contributed by atoms with van der Waals surface area (Å²) >= 11 is 0. The molecule has 0 radical (unpaired) electrons. The van der Waals surface area contributed by atoms with Gasteiger partial charge in [-0.1, -0.05) is 56.4 Å². The molecule has 0 saturated carbocycles. The zero-order chi connectivity index (χ0) is 10.9. The Hall–Kier alpha value is -1.08. The van der Waals surface area contributed by atoms with Crippen LogP contribution in [0.5, 0.6) is 0 Å². The van der Waals surface area contributed by atoms with Crippen molar-refractivity contribution in [3.63, 3.8) is 0 Å². The lowest BCUT2D eigenvalue weighted by Crippen LogP contribution is -2.29. The van der Waals surface area contributed by atoms with Gasteiger partial charge in [0.1, 0.15) is 0 Å². The predicted molar refractivity (Wildman–Crippen MR) is 67.9 cm³/mol. The first-order chi connectivity index (χ1) is 7.38. The Bertz CT molecular complexity index is 253. The maximum atomic E-state index is 3.76. The van der Waals surface area contributed by atoms with Gasteiger partial charge in [-0.2, -0.15) is 0 Å². The topological polar surface area (TPSA) is 12.0 Å². The summed E-state index contributed by atoms with van der Waals surface area (Å²) in [6, 6.07) is 0.488. The Morgan fingerprint density at radius 1 is 1.13 bits per heavy atom. The maximum absolute atomic E-state index is 3.76. The van der Waals surface area contributed by atoms with Gasteiger partial charge in [-0.3, -0.25) is 0 Å². The van der Waals surface area contributed by atoms with Crippen LogP contribution in [0.1, 0.15) is 25.7 Å². The molecule has 0 aliphatic carbocycles. The third-order valence-corrected chi connectivity index (χ3v) is 2.70. The number of hydrogen-bond acceptors (Lipinski definition) is 1. The van der Waals surface area contributed by atoms with Crippen molar-refractivity contribution in [3.05, 3.63) is 49.1 Å². The highest BCUT2D eigenvalue weighted by Gasteiger charge is 2.13. The molecule has 0 aromatic carbocycles. The molecule has 1 heterocycles. The second-order valence-electron chi connectivity index (χ2n) is 3.85. The minimum Gasteiger partial charge on any atom is -0.310 e. The van der Waals surface area contributed by atoms with Crippen LogP contribution in [0.4, 0.5) is 0 Å². The van der Waals surface area contributed by atoms with Gasteiger partial charge in [0.25, 0.3) is 0 Å². The van der Waals surface area contributed by atoms with E-state index >= 15 is 0 Å². The van der Waals surface area contributed by atoms with E-state index in [0.717, 1.165) is 6.54 Å². The summed E-state index contributed by atoms with van der Waals surface area (Å²) in [4.78, 5) is 0. The molecule has 15 heavy (non-hydrogen) atoms. The number of nitrogens with one attached hydrogen (secondary N) is 1. The first-order valence-electron chi connectivity index (χ1n) is 5.73. The molecule has 1 heteroatoms. The van der Waals surface area contributed by atoms with Crippen molar-refractivity contribution in [3.8, 4) is 0 Å². The minimum absolute atomic E-state index is 0.488. The molecule has 82 valence electrons. The molecule has 0 amide bonds. The highest BCUT2D eigenvalue weighted by molar-refractivity contribution is 5.30.